The van der Waals surface area contributed by atoms with Gasteiger partial charge in [-0.3, -0.25) is 9.59 Å². The lowest BCUT2D eigenvalue weighted by molar-refractivity contribution is -0.120. The van der Waals surface area contributed by atoms with Gasteiger partial charge in [0.2, 0.25) is 0 Å². The van der Waals surface area contributed by atoms with Gasteiger partial charge in [0.05, 0.1) is 17.9 Å². The van der Waals surface area contributed by atoms with Gasteiger partial charge in [0.15, 0.2) is 0 Å². The van der Waals surface area contributed by atoms with Gasteiger partial charge in [-0.1, -0.05) is 36.4 Å². The summed E-state index contributed by atoms with van der Waals surface area (Å²) in [6.07, 6.45) is 0. The van der Waals surface area contributed by atoms with Crippen LogP contribution in [0.25, 0.3) is 5.57 Å². The molecule has 0 unspecified atom stereocenters. The largest absolute Gasteiger partial charge is 0.494 e. The molecule has 0 atom stereocenters. The van der Waals surface area contributed by atoms with Crippen LogP contribution in [-0.4, -0.2) is 25.5 Å². The van der Waals surface area contributed by atoms with Gasteiger partial charge in [-0.05, 0) is 55.0 Å². The predicted molar refractivity (Wildman–Crippen MR) is 118 cm³/mol. The average molecular weight is 416 g/mol. The summed E-state index contributed by atoms with van der Waals surface area (Å²) in [7, 11) is 1.74. The molecule has 156 valence electrons. The van der Waals surface area contributed by atoms with E-state index in [0.717, 1.165) is 10.6 Å². The smallest absolute Gasteiger partial charge is 0.282 e. The Balaban J connectivity index is 1.84. The molecule has 1 heterocycles. The minimum absolute atomic E-state index is 0.190. The maximum Gasteiger partial charge on any atom is 0.282 e. The number of imide groups is 1. The van der Waals surface area contributed by atoms with Crippen LogP contribution in [0.2, 0.25) is 0 Å². The van der Waals surface area contributed by atoms with Crippen molar-refractivity contribution in [2.75, 3.05) is 23.5 Å². The Morgan fingerprint density at radius 3 is 2.26 bits per heavy atom. The molecule has 0 saturated carbocycles. The molecule has 1 aliphatic rings. The maximum absolute atomic E-state index is 13.8. The Morgan fingerprint density at radius 1 is 0.903 bits per heavy atom. The molecule has 6 heteroatoms. The van der Waals surface area contributed by atoms with Crippen molar-refractivity contribution in [3.05, 3.63) is 95.9 Å². The van der Waals surface area contributed by atoms with E-state index in [1.165, 1.54) is 18.2 Å². The number of hydrogen-bond donors (Lipinski definition) is 0. The summed E-state index contributed by atoms with van der Waals surface area (Å²) in [5.41, 5.74) is 2.00. The number of para-hydroxylation sites is 1. The van der Waals surface area contributed by atoms with Gasteiger partial charge in [-0.25, -0.2) is 9.29 Å². The van der Waals surface area contributed by atoms with E-state index in [1.807, 2.05) is 37.3 Å². The first-order valence-corrected chi connectivity index (χ1v) is 9.92. The van der Waals surface area contributed by atoms with Gasteiger partial charge in [0.1, 0.15) is 17.3 Å². The van der Waals surface area contributed by atoms with Crippen molar-refractivity contribution in [1.29, 1.82) is 0 Å². The number of amides is 2. The third-order valence-electron chi connectivity index (χ3n) is 5.06. The summed E-state index contributed by atoms with van der Waals surface area (Å²) in [6, 6.07) is 21.8. The molecule has 0 aromatic heterocycles. The van der Waals surface area contributed by atoms with E-state index in [1.54, 1.807) is 42.3 Å². The second kappa shape index (κ2) is 8.44. The highest BCUT2D eigenvalue weighted by atomic mass is 19.1. The molecule has 4 rings (SSSR count). The van der Waals surface area contributed by atoms with Crippen molar-refractivity contribution in [3.8, 4) is 5.75 Å². The molecule has 0 fully saturated rings. The first-order valence-electron chi connectivity index (χ1n) is 9.92. The lowest BCUT2D eigenvalue weighted by Gasteiger charge is -2.21. The predicted octanol–water partition coefficient (Wildman–Crippen LogP) is 4.65. The number of likely N-dealkylation sites (N-methyl/N-ethyl adjacent to an activating group) is 1. The number of nitrogens with zero attached hydrogens (tertiary/aromatic N) is 2. The number of rotatable bonds is 6. The molecular weight excluding hydrogens is 395 g/mol. The number of halogens is 1. The second-order valence-corrected chi connectivity index (χ2v) is 7.00. The quantitative estimate of drug-likeness (QED) is 0.549. The summed E-state index contributed by atoms with van der Waals surface area (Å²) in [5.74, 6) is -0.863. The molecule has 0 aliphatic carbocycles. The second-order valence-electron chi connectivity index (χ2n) is 7.00. The number of benzene rings is 3. The number of carbonyl (C=O) groups excluding carboxylic acids is 2. The molecule has 0 N–H and O–H groups in total. The molecule has 3 aromatic rings. The lowest BCUT2D eigenvalue weighted by Crippen LogP contribution is -2.34. The number of carbonyl (C=O) groups is 2. The highest BCUT2D eigenvalue weighted by Gasteiger charge is 2.42. The van der Waals surface area contributed by atoms with Crippen molar-refractivity contribution in [2.24, 2.45) is 0 Å². The van der Waals surface area contributed by atoms with Gasteiger partial charge in [-0.15, -0.1) is 0 Å². The Hall–Kier alpha value is -3.93. The van der Waals surface area contributed by atoms with E-state index >= 15 is 0 Å². The summed E-state index contributed by atoms with van der Waals surface area (Å²) in [6.45, 7) is 2.41. The van der Waals surface area contributed by atoms with Gasteiger partial charge in [-0.2, -0.15) is 0 Å². The Morgan fingerprint density at radius 2 is 1.61 bits per heavy atom. The van der Waals surface area contributed by atoms with Crippen LogP contribution in [0, 0.1) is 5.82 Å². The van der Waals surface area contributed by atoms with Crippen molar-refractivity contribution >= 4 is 28.8 Å². The van der Waals surface area contributed by atoms with E-state index in [9.17, 15) is 14.0 Å². The van der Waals surface area contributed by atoms with Gasteiger partial charge in [0, 0.05) is 12.7 Å². The maximum atomic E-state index is 13.8. The Kier molecular flexibility index (Phi) is 5.54. The monoisotopic (exact) mass is 416 g/mol. The van der Waals surface area contributed by atoms with Crippen LogP contribution in [0.4, 0.5) is 15.8 Å². The molecule has 5 nitrogen and oxygen atoms in total. The number of anilines is 2. The molecule has 0 radical (unpaired) electrons. The summed E-state index contributed by atoms with van der Waals surface area (Å²) in [5, 5.41) is 0. The standard InChI is InChI=1S/C25H21FN2O3/c1-3-31-21-14-12-17(13-15-21)22-23(27(2)19-9-5-4-6-10-19)25(30)28(24(22)29)20-11-7-8-18(26)16-20/h4-16H,3H2,1-2H3. The third kappa shape index (κ3) is 3.80. The first kappa shape index (κ1) is 20.3. The molecular formula is C25H21FN2O3. The number of ether oxygens (including phenoxy) is 1. The number of hydrogen-bond acceptors (Lipinski definition) is 4. The van der Waals surface area contributed by atoms with Gasteiger partial charge < -0.3 is 9.64 Å². The highest BCUT2D eigenvalue weighted by molar-refractivity contribution is 6.46. The summed E-state index contributed by atoms with van der Waals surface area (Å²) < 4.78 is 19.3. The normalized spacial score (nSPS) is 13.7. The van der Waals surface area contributed by atoms with Crippen LogP contribution < -0.4 is 14.5 Å². The van der Waals surface area contributed by atoms with Crippen LogP contribution in [-0.2, 0) is 9.59 Å². The third-order valence-corrected chi connectivity index (χ3v) is 5.06. The highest BCUT2D eigenvalue weighted by Crippen LogP contribution is 2.36. The van der Waals surface area contributed by atoms with Crippen molar-refractivity contribution in [3.63, 3.8) is 0 Å². The zero-order valence-corrected chi connectivity index (χ0v) is 17.2. The van der Waals surface area contributed by atoms with E-state index in [4.69, 9.17) is 4.74 Å². The molecule has 1 aliphatic heterocycles. The van der Waals surface area contributed by atoms with E-state index in [2.05, 4.69) is 0 Å². The topological polar surface area (TPSA) is 49.9 Å². The fraction of sp³-hybridized carbons (Fsp3) is 0.120. The average Bonchev–Trinajstić information content (AvgIpc) is 3.04. The van der Waals surface area contributed by atoms with E-state index in [-0.39, 0.29) is 17.0 Å². The molecule has 0 spiro atoms. The van der Waals surface area contributed by atoms with Crippen molar-refractivity contribution in [1.82, 2.24) is 0 Å². The zero-order chi connectivity index (χ0) is 22.0. The SMILES string of the molecule is CCOc1ccc(C2=C(N(C)c3ccccc3)C(=O)N(c3cccc(F)c3)C2=O)cc1. The molecule has 3 aromatic carbocycles. The summed E-state index contributed by atoms with van der Waals surface area (Å²) in [4.78, 5) is 29.6. The van der Waals surface area contributed by atoms with Crippen LogP contribution in [0.1, 0.15) is 12.5 Å². The van der Waals surface area contributed by atoms with Crippen LogP contribution >= 0.6 is 0 Å². The Labute approximate surface area is 180 Å². The fourth-order valence-corrected chi connectivity index (χ4v) is 3.60. The minimum atomic E-state index is -0.523. The van der Waals surface area contributed by atoms with Crippen LogP contribution in [0.5, 0.6) is 5.75 Å². The van der Waals surface area contributed by atoms with E-state index in [0.29, 0.717) is 17.9 Å². The Bertz CT molecular complexity index is 1160. The van der Waals surface area contributed by atoms with Crippen molar-refractivity contribution < 1.29 is 18.7 Å². The molecule has 0 bridgehead atoms. The van der Waals surface area contributed by atoms with Gasteiger partial charge >= 0.3 is 0 Å². The first-order chi connectivity index (χ1) is 15.0. The lowest BCUT2D eigenvalue weighted by atomic mass is 10.0. The van der Waals surface area contributed by atoms with Crippen LogP contribution in [0.3, 0.4) is 0 Å². The summed E-state index contributed by atoms with van der Waals surface area (Å²) >= 11 is 0. The molecule has 0 saturated heterocycles. The fourth-order valence-electron chi connectivity index (χ4n) is 3.60. The van der Waals surface area contributed by atoms with Crippen LogP contribution in [0.15, 0.2) is 84.6 Å². The van der Waals surface area contributed by atoms with Gasteiger partial charge in [0.25, 0.3) is 11.8 Å². The molecule has 31 heavy (non-hydrogen) atoms. The zero-order valence-electron chi connectivity index (χ0n) is 17.2. The van der Waals surface area contributed by atoms with E-state index < -0.39 is 17.6 Å². The molecule has 2 amide bonds. The minimum Gasteiger partial charge on any atom is -0.494 e. The van der Waals surface area contributed by atoms with Crippen molar-refractivity contribution in [2.45, 2.75) is 6.92 Å².